The number of carbonyl (C=O) groups is 2. The molecule has 1 aliphatic carbocycles. The van der Waals surface area contributed by atoms with Gasteiger partial charge in [0.2, 0.25) is 0 Å². The second-order valence-electron chi connectivity index (χ2n) is 8.51. The zero-order valence-corrected chi connectivity index (χ0v) is 19.7. The largest absolute Gasteiger partial charge is 0.494 e. The number of para-hydroxylation sites is 1. The van der Waals surface area contributed by atoms with Crippen molar-refractivity contribution in [2.75, 3.05) is 37.4 Å². The van der Waals surface area contributed by atoms with Crippen LogP contribution >= 0.6 is 0 Å². The van der Waals surface area contributed by atoms with Crippen LogP contribution in [0.5, 0.6) is 5.75 Å². The van der Waals surface area contributed by atoms with Crippen molar-refractivity contribution in [3.05, 3.63) is 36.3 Å². The summed E-state index contributed by atoms with van der Waals surface area (Å²) in [7, 11) is 3.20. The topological polar surface area (TPSA) is 151 Å². The van der Waals surface area contributed by atoms with Gasteiger partial charge in [-0.2, -0.15) is 5.10 Å². The number of methoxy groups -OCH3 is 1. The van der Waals surface area contributed by atoms with Gasteiger partial charge in [0.15, 0.2) is 23.1 Å². The van der Waals surface area contributed by atoms with Gasteiger partial charge < -0.3 is 25.4 Å². The van der Waals surface area contributed by atoms with Crippen molar-refractivity contribution in [1.82, 2.24) is 35.2 Å². The number of hydrogen-bond acceptors (Lipinski definition) is 9. The molecule has 13 heteroatoms. The maximum atomic E-state index is 13.1. The second-order valence-corrected chi connectivity index (χ2v) is 8.51. The number of ether oxygens (including phenoxy) is 1. The van der Waals surface area contributed by atoms with Gasteiger partial charge in [-0.15, -0.1) is 10.2 Å². The lowest BCUT2D eigenvalue weighted by atomic mass is 9.88. The summed E-state index contributed by atoms with van der Waals surface area (Å²) < 4.78 is 29.4. The van der Waals surface area contributed by atoms with Gasteiger partial charge in [-0.1, -0.05) is 6.07 Å². The molecule has 13 nitrogen and oxygen atoms in total. The quantitative estimate of drug-likeness (QED) is 0.437. The fraction of sp³-hybridized carbons (Fsp3) is 0.391. The molecule has 2 aliphatic rings. The van der Waals surface area contributed by atoms with E-state index in [1.165, 1.54) is 18.1 Å². The molecule has 0 radical (unpaired) electrons. The van der Waals surface area contributed by atoms with Crippen LogP contribution in [0, 0.1) is 0 Å². The number of amides is 3. The molecule has 2 unspecified atom stereocenters. The van der Waals surface area contributed by atoms with Gasteiger partial charge in [-0.3, -0.25) is 14.4 Å². The van der Waals surface area contributed by atoms with Crippen molar-refractivity contribution in [1.29, 1.82) is 0 Å². The maximum Gasteiger partial charge on any atom is 0.326 e. The third kappa shape index (κ3) is 4.06. The van der Waals surface area contributed by atoms with Gasteiger partial charge in [0.1, 0.15) is 6.33 Å². The normalized spacial score (nSPS) is 20.9. The minimum Gasteiger partial charge on any atom is -0.494 e. The number of carbonyl (C=O) groups excluding carboxylic acids is 2. The van der Waals surface area contributed by atoms with E-state index >= 15 is 0 Å². The maximum absolute atomic E-state index is 13.1. The van der Waals surface area contributed by atoms with Crippen molar-refractivity contribution < 1.29 is 23.5 Å². The summed E-state index contributed by atoms with van der Waals surface area (Å²) in [5, 5.41) is 27.4. The smallest absolute Gasteiger partial charge is 0.326 e. The highest BCUT2D eigenvalue weighted by Crippen LogP contribution is 2.37. The highest BCUT2D eigenvalue weighted by Gasteiger charge is 2.42. The Morgan fingerprint density at radius 3 is 2.78 bits per heavy atom. The van der Waals surface area contributed by atoms with E-state index < -0.39 is 19.0 Å². The highest BCUT2D eigenvalue weighted by molar-refractivity contribution is 6.00. The number of aliphatic hydroxyl groups excluding tert-OH is 1. The summed E-state index contributed by atoms with van der Waals surface area (Å²) in [6.07, 6.45) is 2.35. The molecule has 2 aromatic heterocycles. The first-order valence-corrected chi connectivity index (χ1v) is 11.3. The number of hydrogen-bond donors (Lipinski definition) is 3. The summed E-state index contributed by atoms with van der Waals surface area (Å²) in [5.74, 6) is -0.0460. The average molecular weight is 497 g/mol. The number of aliphatic hydroxyl groups is 1. The van der Waals surface area contributed by atoms with E-state index in [0.717, 1.165) is 0 Å². The SMILES string of the molecule is [2H]C([2H])([2H])NC(=O)c1nnc(N2CCN(C3CCC3O)C2=O)cc1Nc1cccc(-c2ncn(C)n2)c1OC. The molecule has 3 amide bonds. The Labute approximate surface area is 211 Å². The van der Waals surface area contributed by atoms with Gasteiger partial charge in [0, 0.05) is 37.3 Å². The second kappa shape index (κ2) is 9.41. The minimum absolute atomic E-state index is 0.0982. The minimum atomic E-state index is -2.76. The van der Waals surface area contributed by atoms with Crippen molar-refractivity contribution in [3.8, 4) is 17.1 Å². The molecule has 0 bridgehead atoms. The van der Waals surface area contributed by atoms with Gasteiger partial charge in [-0.05, 0) is 25.0 Å². The third-order valence-electron chi connectivity index (χ3n) is 6.36. The number of urea groups is 1. The predicted molar refractivity (Wildman–Crippen MR) is 130 cm³/mol. The van der Waals surface area contributed by atoms with Crippen LogP contribution in [0.3, 0.4) is 0 Å². The molecule has 2 atom stereocenters. The van der Waals surface area contributed by atoms with Crippen LogP contribution in [0.1, 0.15) is 27.4 Å². The van der Waals surface area contributed by atoms with Crippen LogP contribution in [0.4, 0.5) is 22.0 Å². The van der Waals surface area contributed by atoms with Crippen LogP contribution in [0.25, 0.3) is 11.4 Å². The molecule has 0 spiro atoms. The van der Waals surface area contributed by atoms with Crippen molar-refractivity contribution in [2.45, 2.75) is 25.0 Å². The number of rotatable bonds is 7. The summed E-state index contributed by atoms with van der Waals surface area (Å²) in [5.41, 5.74) is 0.789. The zero-order valence-electron chi connectivity index (χ0n) is 22.7. The van der Waals surface area contributed by atoms with Crippen molar-refractivity contribution in [3.63, 3.8) is 0 Å². The molecule has 2 fully saturated rings. The van der Waals surface area contributed by atoms with E-state index in [-0.39, 0.29) is 29.3 Å². The molecule has 1 saturated heterocycles. The Kier molecular flexibility index (Phi) is 5.23. The van der Waals surface area contributed by atoms with Crippen LogP contribution in [0.15, 0.2) is 30.6 Å². The van der Waals surface area contributed by atoms with Crippen molar-refractivity contribution in [2.24, 2.45) is 7.05 Å². The molecular weight excluding hydrogens is 466 g/mol. The predicted octanol–water partition coefficient (Wildman–Crippen LogP) is 1.15. The lowest BCUT2D eigenvalue weighted by Crippen LogP contribution is -2.52. The van der Waals surface area contributed by atoms with Crippen LogP contribution < -0.4 is 20.3 Å². The molecule has 1 aromatic carbocycles. The third-order valence-corrected chi connectivity index (χ3v) is 6.36. The number of aromatic nitrogens is 5. The van der Waals surface area contributed by atoms with Crippen LogP contribution in [-0.4, -0.2) is 86.2 Å². The van der Waals surface area contributed by atoms with Crippen molar-refractivity contribution >= 4 is 29.1 Å². The van der Waals surface area contributed by atoms with Gasteiger partial charge >= 0.3 is 6.03 Å². The van der Waals surface area contributed by atoms with E-state index in [1.807, 2.05) is 5.32 Å². The summed E-state index contributed by atoms with van der Waals surface area (Å²) in [6, 6.07) is 6.07. The molecule has 188 valence electrons. The number of nitrogens with zero attached hydrogens (tertiary/aromatic N) is 7. The van der Waals surface area contributed by atoms with Gasteiger partial charge in [-0.25, -0.2) is 9.78 Å². The van der Waals surface area contributed by atoms with E-state index in [4.69, 9.17) is 8.85 Å². The first-order chi connectivity index (χ1) is 18.6. The Balaban J connectivity index is 1.52. The van der Waals surface area contributed by atoms with Crippen LogP contribution in [0.2, 0.25) is 0 Å². The Morgan fingerprint density at radius 2 is 2.11 bits per heavy atom. The fourth-order valence-corrected chi connectivity index (χ4v) is 4.38. The number of benzene rings is 1. The lowest BCUT2D eigenvalue weighted by Gasteiger charge is -2.39. The van der Waals surface area contributed by atoms with E-state index in [2.05, 4.69) is 25.6 Å². The molecule has 3 N–H and O–H groups in total. The zero-order chi connectivity index (χ0) is 27.9. The molecule has 36 heavy (non-hydrogen) atoms. The number of nitrogens with one attached hydrogen (secondary N) is 2. The number of aryl methyl sites for hydroxylation is 1. The Hall–Kier alpha value is -4.26. The fourth-order valence-electron chi connectivity index (χ4n) is 4.38. The van der Waals surface area contributed by atoms with E-state index in [9.17, 15) is 14.7 Å². The Bertz CT molecular complexity index is 1410. The number of anilines is 3. The van der Waals surface area contributed by atoms with Gasteiger partial charge in [0.05, 0.1) is 36.2 Å². The standard InChI is InChI=1S/C23H27N9O4/c1-24-22(34)19-15(26-14-6-4-5-13(20(14)36-3)21-25-12-30(2)29-21)11-18(27-28-19)32-10-9-31(23(32)35)16-7-8-17(16)33/h4-6,11-12,16-17,33H,7-10H2,1-3H3,(H,24,34)(H,26,27)/i1D3. The first kappa shape index (κ1) is 20.0. The monoisotopic (exact) mass is 496 g/mol. The lowest BCUT2D eigenvalue weighted by molar-refractivity contribution is 0.00448. The Morgan fingerprint density at radius 1 is 1.25 bits per heavy atom. The molecule has 3 heterocycles. The molecule has 1 saturated carbocycles. The molecule has 5 rings (SSSR count). The van der Waals surface area contributed by atoms with Crippen LogP contribution in [-0.2, 0) is 7.05 Å². The molecular formula is C23H27N9O4. The molecule has 1 aliphatic heterocycles. The summed E-state index contributed by atoms with van der Waals surface area (Å²) in [4.78, 5) is 33.3. The molecule has 3 aromatic rings. The summed E-state index contributed by atoms with van der Waals surface area (Å²) in [6.45, 7) is -2.05. The average Bonchev–Trinajstić information content (AvgIpc) is 3.47. The van der Waals surface area contributed by atoms with E-state index in [0.29, 0.717) is 48.8 Å². The highest BCUT2D eigenvalue weighted by atomic mass is 16.5. The summed E-state index contributed by atoms with van der Waals surface area (Å²) >= 11 is 0. The van der Waals surface area contributed by atoms with Gasteiger partial charge in [0.25, 0.3) is 5.91 Å². The first-order valence-electron chi connectivity index (χ1n) is 12.8. The van der Waals surface area contributed by atoms with E-state index in [1.54, 1.807) is 41.2 Å².